The molecule has 0 aromatic heterocycles. The zero-order chi connectivity index (χ0) is 52.4. The number of nitrogens with zero attached hydrogens (tertiary/aromatic N) is 4. The van der Waals surface area contributed by atoms with Gasteiger partial charge in [0.1, 0.15) is 0 Å². The lowest BCUT2D eigenvalue weighted by Gasteiger charge is -2.18. The van der Waals surface area contributed by atoms with Crippen molar-refractivity contribution in [3.8, 4) is 0 Å². The standard InChI is InChI=1S/C76H44N4/c1-9-25-53-45(17-1)41-46-18-2-10-26-54(46)69(53)73-61-33-35-63(77-61)74(70-55-27-11-3-19-47(55)42-48-20-4-12-28-56(48)70)65-37-39-67(79-65)76(72-59-31-15-7-23-51(59)44-52-24-8-16-32-60(52)72)68-40-38-66(80-68)75(64-36-34-62(73)78-64)71-57-29-13-5-21-49(57)43-50-22-6-14-30-58(50)71/h1-44H. The second-order valence-corrected chi connectivity index (χ2v) is 21.1. The van der Waals surface area contributed by atoms with Gasteiger partial charge in [-0.2, -0.15) is 0 Å². The Morgan fingerprint density at radius 3 is 0.512 bits per heavy atom. The van der Waals surface area contributed by atoms with Gasteiger partial charge in [0.25, 0.3) is 0 Å². The van der Waals surface area contributed by atoms with Crippen LogP contribution < -0.4 is 0 Å². The molecule has 12 aromatic carbocycles. The number of benzene rings is 12. The van der Waals surface area contributed by atoms with Crippen LogP contribution in [0.2, 0.25) is 0 Å². The van der Waals surface area contributed by atoms with E-state index in [0.717, 1.165) is 176 Å². The molecular formula is C76H44N4. The Morgan fingerprint density at radius 1 is 0.175 bits per heavy atom. The molecule has 0 radical (unpaired) electrons. The molecule has 80 heavy (non-hydrogen) atoms. The van der Waals surface area contributed by atoms with Gasteiger partial charge in [-0.15, -0.1) is 0 Å². The van der Waals surface area contributed by atoms with E-state index in [1.807, 2.05) is 0 Å². The second kappa shape index (κ2) is 17.4. The van der Waals surface area contributed by atoms with E-state index < -0.39 is 0 Å². The van der Waals surface area contributed by atoms with E-state index in [4.69, 9.17) is 20.0 Å². The van der Waals surface area contributed by atoms with Gasteiger partial charge >= 0.3 is 0 Å². The van der Waals surface area contributed by atoms with Crippen LogP contribution in [0.5, 0.6) is 0 Å². The first-order valence-electron chi connectivity index (χ1n) is 27.4. The molecule has 0 spiro atoms. The Morgan fingerprint density at radius 2 is 0.338 bits per heavy atom. The Bertz CT molecular complexity index is 4390. The predicted molar refractivity (Wildman–Crippen MR) is 340 cm³/mol. The summed E-state index contributed by atoms with van der Waals surface area (Å²) in [5, 5.41) is 18.2. The van der Waals surface area contributed by atoms with Gasteiger partial charge in [-0.25, -0.2) is 20.0 Å². The molecule has 0 N–H and O–H groups in total. The Labute approximate surface area is 460 Å². The molecule has 4 heteroatoms. The van der Waals surface area contributed by atoms with Gasteiger partial charge in [0.15, 0.2) is 0 Å². The third-order valence-electron chi connectivity index (χ3n) is 16.7. The van der Waals surface area contributed by atoms with Crippen molar-refractivity contribution in [2.45, 2.75) is 0 Å². The zero-order valence-electron chi connectivity index (χ0n) is 43.2. The van der Waals surface area contributed by atoms with E-state index in [1.165, 1.54) is 0 Å². The molecule has 4 nitrogen and oxygen atoms in total. The van der Waals surface area contributed by atoms with Gasteiger partial charge in [0.2, 0.25) is 0 Å². The van der Waals surface area contributed by atoms with E-state index in [2.05, 4.69) is 267 Å². The van der Waals surface area contributed by atoms with Crippen molar-refractivity contribution in [2.24, 2.45) is 20.0 Å². The Kier molecular flexibility index (Phi) is 9.68. The van der Waals surface area contributed by atoms with Crippen LogP contribution in [0.3, 0.4) is 0 Å². The molecule has 368 valence electrons. The van der Waals surface area contributed by atoms with Crippen LogP contribution in [0.25, 0.3) is 108 Å². The van der Waals surface area contributed by atoms with Gasteiger partial charge in [0, 0.05) is 44.5 Å². The predicted octanol–water partition coefficient (Wildman–Crippen LogP) is 18.9. The van der Waals surface area contributed by atoms with Gasteiger partial charge in [-0.3, -0.25) is 0 Å². The molecule has 0 aliphatic carbocycles. The lowest BCUT2D eigenvalue weighted by Crippen LogP contribution is -2.05. The lowest BCUT2D eigenvalue weighted by molar-refractivity contribution is 1.42. The first-order chi connectivity index (χ1) is 39.7. The SMILES string of the molecule is C1=CC2=C(c3c4ccccc4cc4ccccc34)C3=NC(=C(c4c5ccccc5cc5ccccc45)C4=NC(=C(c5c6ccccc6cc6ccccc56)C5=NC(=C(c6c7ccccc7cc7ccccc67)C1=N2)C=C5)C=C4)C=C3. The maximum atomic E-state index is 5.90. The molecule has 17 rings (SSSR count). The highest BCUT2D eigenvalue weighted by atomic mass is 14.9. The number of aliphatic imine (C=N–C) groups is 4. The van der Waals surface area contributed by atoms with Gasteiger partial charge in [-0.05, 0) is 159 Å². The van der Waals surface area contributed by atoms with E-state index in [-0.39, 0.29) is 0 Å². The lowest BCUT2D eigenvalue weighted by atomic mass is 9.88. The highest BCUT2D eigenvalue weighted by molar-refractivity contribution is 6.44. The molecule has 0 saturated carbocycles. The van der Waals surface area contributed by atoms with Crippen LogP contribution in [0.1, 0.15) is 22.3 Å². The number of fused-ring (bicyclic) bond motifs is 12. The molecular weight excluding hydrogens is 969 g/mol. The van der Waals surface area contributed by atoms with Crippen molar-refractivity contribution >= 4 is 131 Å². The van der Waals surface area contributed by atoms with Crippen LogP contribution in [0.4, 0.5) is 0 Å². The maximum Gasteiger partial charge on any atom is 0.0738 e. The van der Waals surface area contributed by atoms with E-state index >= 15 is 0 Å². The van der Waals surface area contributed by atoms with Crippen molar-refractivity contribution in [1.82, 2.24) is 0 Å². The van der Waals surface area contributed by atoms with Crippen molar-refractivity contribution in [3.05, 3.63) is 312 Å². The average Bonchev–Trinajstić information content (AvgIpc) is 4.48. The fourth-order valence-electron chi connectivity index (χ4n) is 13.2. The fraction of sp³-hybridized carbons (Fsp3) is 0. The Hall–Kier alpha value is -10.7. The first kappa shape index (κ1) is 44.4. The minimum absolute atomic E-state index is 0.826. The second-order valence-electron chi connectivity index (χ2n) is 21.1. The first-order valence-corrected chi connectivity index (χ1v) is 27.4. The van der Waals surface area contributed by atoms with Crippen molar-refractivity contribution < 1.29 is 0 Å². The molecule has 0 fully saturated rings. The van der Waals surface area contributed by atoms with Crippen molar-refractivity contribution in [3.63, 3.8) is 0 Å². The van der Waals surface area contributed by atoms with Crippen LogP contribution in [0, 0.1) is 0 Å². The molecule has 0 amide bonds. The summed E-state index contributed by atoms with van der Waals surface area (Å²) in [6, 6.07) is 79.0. The summed E-state index contributed by atoms with van der Waals surface area (Å²) in [4.78, 5) is 23.6. The van der Waals surface area contributed by atoms with Crippen molar-refractivity contribution in [1.29, 1.82) is 0 Å². The molecule has 0 saturated heterocycles. The smallest absolute Gasteiger partial charge is 0.0738 e. The number of hydrogen-bond acceptors (Lipinski definition) is 4. The summed E-state index contributed by atoms with van der Waals surface area (Å²) in [6.07, 6.45) is 17.7. The largest absolute Gasteiger partial charge is 0.248 e. The summed E-state index contributed by atoms with van der Waals surface area (Å²) in [5.41, 5.74) is 14.8. The Balaban J connectivity index is 1.06. The fourth-order valence-corrected chi connectivity index (χ4v) is 13.2. The third kappa shape index (κ3) is 6.76. The molecule has 0 atom stereocenters. The summed E-state index contributed by atoms with van der Waals surface area (Å²) < 4.78 is 0. The summed E-state index contributed by atoms with van der Waals surface area (Å²) in [6.45, 7) is 0. The van der Waals surface area contributed by atoms with Gasteiger partial charge < -0.3 is 0 Å². The molecule has 8 bridgehead atoms. The number of hydrogen-bond donors (Lipinski definition) is 0. The number of rotatable bonds is 4. The molecule has 5 aliphatic heterocycles. The molecule has 0 unspecified atom stereocenters. The summed E-state index contributed by atoms with van der Waals surface area (Å²) in [7, 11) is 0. The maximum absolute atomic E-state index is 5.90. The van der Waals surface area contributed by atoms with E-state index in [9.17, 15) is 0 Å². The van der Waals surface area contributed by atoms with Crippen LogP contribution in [-0.4, -0.2) is 22.8 Å². The molecule has 5 heterocycles. The summed E-state index contributed by atoms with van der Waals surface area (Å²) >= 11 is 0. The minimum atomic E-state index is 0.826. The van der Waals surface area contributed by atoms with Gasteiger partial charge in [-0.1, -0.05) is 194 Å². The van der Waals surface area contributed by atoms with Crippen LogP contribution >= 0.6 is 0 Å². The zero-order valence-corrected chi connectivity index (χ0v) is 43.2. The van der Waals surface area contributed by atoms with E-state index in [0.29, 0.717) is 0 Å². The average molecular weight is 1010 g/mol. The van der Waals surface area contributed by atoms with Crippen LogP contribution in [0.15, 0.2) is 310 Å². The van der Waals surface area contributed by atoms with Crippen LogP contribution in [-0.2, 0) is 0 Å². The highest BCUT2D eigenvalue weighted by Gasteiger charge is 2.32. The quantitative estimate of drug-likeness (QED) is 0.158. The topological polar surface area (TPSA) is 49.4 Å². The highest BCUT2D eigenvalue weighted by Crippen LogP contribution is 2.47. The van der Waals surface area contributed by atoms with Gasteiger partial charge in [0.05, 0.1) is 45.6 Å². The number of allylic oxidation sites excluding steroid dienone is 12. The summed E-state index contributed by atoms with van der Waals surface area (Å²) in [5.74, 6) is 0. The molecule has 12 aromatic rings. The third-order valence-corrected chi connectivity index (χ3v) is 16.7. The monoisotopic (exact) mass is 1010 g/mol. The minimum Gasteiger partial charge on any atom is -0.248 e. The van der Waals surface area contributed by atoms with E-state index in [1.54, 1.807) is 0 Å². The van der Waals surface area contributed by atoms with Crippen molar-refractivity contribution in [2.75, 3.05) is 0 Å². The molecule has 5 aliphatic rings. The normalized spacial score (nSPS) is 15.9.